The zero-order valence-corrected chi connectivity index (χ0v) is 13.7. The number of hydrogen-bond acceptors (Lipinski definition) is 5. The molecule has 21 heavy (non-hydrogen) atoms. The molecule has 2 saturated heterocycles. The standard InChI is InChI=1S/C15H15ClO3S2/c16-11-3-1-10(2-4-11)14(17)13(15-20-7-8-21-15)12-9-18-5-6-19-12/h1-4,12H,5-9H2. The zero-order valence-electron chi connectivity index (χ0n) is 11.3. The first-order valence-corrected chi connectivity index (χ1v) is 9.10. The quantitative estimate of drug-likeness (QED) is 0.619. The lowest BCUT2D eigenvalue weighted by molar-refractivity contribution is -0.0712. The Morgan fingerprint density at radius 1 is 1.14 bits per heavy atom. The zero-order chi connectivity index (χ0) is 14.7. The number of ketones is 1. The summed E-state index contributed by atoms with van der Waals surface area (Å²) >= 11 is 9.36. The number of ether oxygens (including phenoxy) is 2. The number of hydrogen-bond donors (Lipinski definition) is 0. The molecule has 0 aromatic heterocycles. The third-order valence-electron chi connectivity index (χ3n) is 3.26. The fourth-order valence-corrected chi connectivity index (χ4v) is 5.00. The van der Waals surface area contributed by atoms with Gasteiger partial charge < -0.3 is 9.47 Å². The van der Waals surface area contributed by atoms with Gasteiger partial charge in [-0.1, -0.05) is 11.6 Å². The van der Waals surface area contributed by atoms with Gasteiger partial charge in [0, 0.05) is 26.3 Å². The van der Waals surface area contributed by atoms with Crippen molar-refractivity contribution in [2.75, 3.05) is 31.3 Å². The predicted octanol–water partition coefficient (Wildman–Crippen LogP) is 3.63. The molecule has 3 nitrogen and oxygen atoms in total. The van der Waals surface area contributed by atoms with Crippen molar-refractivity contribution in [3.8, 4) is 0 Å². The molecule has 0 N–H and O–H groups in total. The van der Waals surface area contributed by atoms with Crippen LogP contribution in [0, 0.1) is 0 Å². The average molecular weight is 343 g/mol. The Bertz CT molecular complexity index is 543. The van der Waals surface area contributed by atoms with E-state index in [1.54, 1.807) is 47.8 Å². The Morgan fingerprint density at radius 3 is 2.48 bits per heavy atom. The Hall–Kier alpha value is -0.460. The second-order valence-corrected chi connectivity index (χ2v) is 7.57. The number of benzene rings is 1. The summed E-state index contributed by atoms with van der Waals surface area (Å²) < 4.78 is 12.3. The van der Waals surface area contributed by atoms with Crippen LogP contribution in [0.5, 0.6) is 0 Å². The van der Waals surface area contributed by atoms with Gasteiger partial charge >= 0.3 is 0 Å². The lowest BCUT2D eigenvalue weighted by Gasteiger charge is -2.25. The van der Waals surface area contributed by atoms with E-state index in [0.29, 0.717) is 30.4 Å². The molecule has 0 bridgehead atoms. The van der Waals surface area contributed by atoms with Crippen molar-refractivity contribution in [3.63, 3.8) is 0 Å². The van der Waals surface area contributed by atoms with Gasteiger partial charge in [-0.25, -0.2) is 0 Å². The SMILES string of the molecule is O=C(C(=C1SCCS1)C1COCCO1)c1ccc(Cl)cc1. The minimum Gasteiger partial charge on any atom is -0.376 e. The second-order valence-electron chi connectivity index (χ2n) is 4.67. The normalized spacial score (nSPS) is 22.3. The Morgan fingerprint density at radius 2 is 1.86 bits per heavy atom. The van der Waals surface area contributed by atoms with Crippen LogP contribution in [0.15, 0.2) is 34.1 Å². The van der Waals surface area contributed by atoms with E-state index in [2.05, 4.69) is 0 Å². The lowest BCUT2D eigenvalue weighted by Crippen LogP contribution is -2.33. The molecule has 0 radical (unpaired) electrons. The minimum atomic E-state index is -0.268. The van der Waals surface area contributed by atoms with Crippen LogP contribution in [0.2, 0.25) is 5.02 Å². The first kappa shape index (κ1) is 15.4. The Kier molecular flexibility index (Phi) is 5.29. The van der Waals surface area contributed by atoms with Crippen molar-refractivity contribution in [2.45, 2.75) is 6.10 Å². The van der Waals surface area contributed by atoms with Gasteiger partial charge in [0.15, 0.2) is 5.78 Å². The molecule has 1 aromatic carbocycles. The predicted molar refractivity (Wildman–Crippen MR) is 88.3 cm³/mol. The summed E-state index contributed by atoms with van der Waals surface area (Å²) in [5, 5.41) is 0.627. The van der Waals surface area contributed by atoms with E-state index in [0.717, 1.165) is 21.3 Å². The van der Waals surface area contributed by atoms with Crippen molar-refractivity contribution in [3.05, 3.63) is 44.7 Å². The van der Waals surface area contributed by atoms with Gasteiger partial charge in [-0.2, -0.15) is 0 Å². The highest BCUT2D eigenvalue weighted by Gasteiger charge is 2.30. The van der Waals surface area contributed by atoms with Crippen molar-refractivity contribution >= 4 is 40.9 Å². The van der Waals surface area contributed by atoms with E-state index in [1.165, 1.54) is 0 Å². The fraction of sp³-hybridized carbons (Fsp3) is 0.400. The molecule has 1 atom stereocenters. The van der Waals surface area contributed by atoms with Crippen LogP contribution >= 0.6 is 35.1 Å². The van der Waals surface area contributed by atoms with E-state index in [4.69, 9.17) is 21.1 Å². The van der Waals surface area contributed by atoms with Crippen LogP contribution in [-0.4, -0.2) is 43.2 Å². The second kappa shape index (κ2) is 7.20. The third-order valence-corrected chi connectivity index (χ3v) is 6.26. The van der Waals surface area contributed by atoms with Gasteiger partial charge in [-0.05, 0) is 24.3 Å². The largest absolute Gasteiger partial charge is 0.376 e. The molecule has 1 aromatic rings. The molecule has 3 rings (SSSR count). The molecule has 2 fully saturated rings. The summed E-state index contributed by atoms with van der Waals surface area (Å²) in [6, 6.07) is 7.01. The number of halogens is 1. The maximum atomic E-state index is 12.9. The van der Waals surface area contributed by atoms with Crippen molar-refractivity contribution in [1.29, 1.82) is 0 Å². The average Bonchev–Trinajstić information content (AvgIpc) is 3.03. The van der Waals surface area contributed by atoms with E-state index in [9.17, 15) is 4.79 Å². The topological polar surface area (TPSA) is 35.5 Å². The molecule has 0 aliphatic carbocycles. The first-order valence-electron chi connectivity index (χ1n) is 6.75. The molecule has 2 aliphatic rings. The molecular weight excluding hydrogens is 328 g/mol. The molecule has 6 heteroatoms. The van der Waals surface area contributed by atoms with Gasteiger partial charge in [0.25, 0.3) is 0 Å². The van der Waals surface area contributed by atoms with E-state index in [-0.39, 0.29) is 11.9 Å². The van der Waals surface area contributed by atoms with Gasteiger partial charge in [-0.3, -0.25) is 4.79 Å². The van der Waals surface area contributed by atoms with Crippen LogP contribution in [0.3, 0.4) is 0 Å². The number of thioether (sulfide) groups is 2. The highest BCUT2D eigenvalue weighted by Crippen LogP contribution is 2.41. The maximum Gasteiger partial charge on any atom is 0.193 e. The molecule has 1 unspecified atom stereocenters. The lowest BCUT2D eigenvalue weighted by atomic mass is 10.0. The van der Waals surface area contributed by atoms with E-state index < -0.39 is 0 Å². The number of rotatable bonds is 3. The van der Waals surface area contributed by atoms with E-state index in [1.807, 2.05) is 0 Å². The molecule has 0 amide bonds. The van der Waals surface area contributed by atoms with E-state index >= 15 is 0 Å². The van der Waals surface area contributed by atoms with Gasteiger partial charge in [0.1, 0.15) is 6.10 Å². The summed E-state index contributed by atoms with van der Waals surface area (Å²) in [6.45, 7) is 1.57. The third kappa shape index (κ3) is 3.66. The molecule has 112 valence electrons. The highest BCUT2D eigenvalue weighted by molar-refractivity contribution is 8.25. The molecule has 0 spiro atoms. The van der Waals surface area contributed by atoms with Gasteiger partial charge in [0.05, 0.1) is 25.4 Å². The number of carbonyl (C=O) groups excluding carboxylic acids is 1. The summed E-state index contributed by atoms with van der Waals surface area (Å²) in [6.07, 6.45) is -0.268. The van der Waals surface area contributed by atoms with Gasteiger partial charge in [0.2, 0.25) is 0 Å². The molecule has 0 saturated carbocycles. The van der Waals surface area contributed by atoms with Crippen LogP contribution in [0.1, 0.15) is 10.4 Å². The molecule has 2 aliphatic heterocycles. The Balaban J connectivity index is 1.92. The van der Waals surface area contributed by atoms with Crippen molar-refractivity contribution < 1.29 is 14.3 Å². The van der Waals surface area contributed by atoms with Gasteiger partial charge in [-0.15, -0.1) is 23.5 Å². The highest BCUT2D eigenvalue weighted by atomic mass is 35.5. The van der Waals surface area contributed by atoms with Crippen LogP contribution in [0.4, 0.5) is 0 Å². The summed E-state index contributed by atoms with van der Waals surface area (Å²) in [5.74, 6) is 2.08. The van der Waals surface area contributed by atoms with Crippen molar-refractivity contribution in [1.82, 2.24) is 0 Å². The smallest absolute Gasteiger partial charge is 0.193 e. The summed E-state index contributed by atoms with van der Waals surface area (Å²) in [4.78, 5) is 12.9. The number of carbonyl (C=O) groups is 1. The summed E-state index contributed by atoms with van der Waals surface area (Å²) in [5.41, 5.74) is 1.38. The summed E-state index contributed by atoms with van der Waals surface area (Å²) in [7, 11) is 0. The molecule has 2 heterocycles. The number of Topliss-reactive ketones (excluding diaryl/α,β-unsaturated/α-hetero) is 1. The maximum absolute atomic E-state index is 12.9. The first-order chi connectivity index (χ1) is 10.3. The monoisotopic (exact) mass is 342 g/mol. The van der Waals surface area contributed by atoms with Crippen LogP contribution < -0.4 is 0 Å². The Labute approximate surface area is 137 Å². The van der Waals surface area contributed by atoms with Crippen LogP contribution in [-0.2, 0) is 9.47 Å². The fourth-order valence-electron chi connectivity index (χ4n) is 2.25. The minimum absolute atomic E-state index is 0.0130. The van der Waals surface area contributed by atoms with Crippen LogP contribution in [0.25, 0.3) is 0 Å². The van der Waals surface area contributed by atoms with Crippen molar-refractivity contribution in [2.24, 2.45) is 0 Å². The molecular formula is C15H15ClO3S2.